The molecule has 2 fully saturated rings. The number of piperazine rings is 1. The summed E-state index contributed by atoms with van der Waals surface area (Å²) in [6.07, 6.45) is -0.811. The predicted octanol–water partition coefficient (Wildman–Crippen LogP) is 2.93. The molecule has 276 valence electrons. The maximum Gasteiger partial charge on any atom is 0.341 e. The number of carbonyl (C=O) groups is 2. The first kappa shape index (κ1) is 36.7. The Morgan fingerprint density at radius 1 is 1.04 bits per heavy atom. The molecule has 0 saturated carbocycles. The fraction of sp³-hybridized carbons (Fsp3) is 0.514. The molecule has 0 aliphatic carbocycles. The molecule has 1 atom stereocenters. The Kier molecular flexibility index (Phi) is 10.4. The van der Waals surface area contributed by atoms with Crippen molar-refractivity contribution < 1.29 is 40.7 Å². The van der Waals surface area contributed by atoms with Crippen molar-refractivity contribution in [1.82, 2.24) is 18.8 Å². The lowest BCUT2D eigenvalue weighted by Gasteiger charge is -2.41. The number of halogens is 2. The lowest BCUT2D eigenvalue weighted by molar-refractivity contribution is 0.0726. The molecule has 0 unspecified atom stereocenters. The number of amides is 2. The van der Waals surface area contributed by atoms with Gasteiger partial charge >= 0.3 is 15.8 Å². The lowest BCUT2D eigenvalue weighted by Crippen LogP contribution is -2.53. The summed E-state index contributed by atoms with van der Waals surface area (Å²) < 4.78 is 74.2. The largest absolute Gasteiger partial charge is 0.493 e. The van der Waals surface area contributed by atoms with E-state index in [2.05, 4.69) is 22.9 Å². The first-order valence-corrected chi connectivity index (χ1v) is 18.3. The molecule has 0 radical (unpaired) electrons. The molecular formula is C35H43F2N5O8S. The fourth-order valence-corrected chi connectivity index (χ4v) is 8.53. The van der Waals surface area contributed by atoms with Crippen molar-refractivity contribution in [3.8, 4) is 5.75 Å². The van der Waals surface area contributed by atoms with Crippen LogP contribution in [0.1, 0.15) is 55.8 Å². The maximum absolute atomic E-state index is 15.8. The minimum atomic E-state index is -4.34. The molecule has 2 aromatic carbocycles. The average Bonchev–Trinajstić information content (AvgIpc) is 3.10. The van der Waals surface area contributed by atoms with E-state index in [0.29, 0.717) is 24.2 Å². The number of aryl methyl sites for hydroxylation is 2. The summed E-state index contributed by atoms with van der Waals surface area (Å²) in [5, 5.41) is 0.827. The summed E-state index contributed by atoms with van der Waals surface area (Å²) in [5.41, 5.74) is 2.95. The number of carbonyl (C=O) groups excluding carboxylic acids is 2. The molecule has 4 heterocycles. The molecule has 1 N–H and O–H groups in total. The number of likely N-dealkylation sites (N-methyl/N-ethyl adjacent to an activating group) is 1. The van der Waals surface area contributed by atoms with Crippen LogP contribution in [0.4, 0.5) is 14.5 Å². The maximum atomic E-state index is 15.8. The number of fused-ring (bicyclic) bond motifs is 3. The number of hydrogen-bond acceptors (Lipinski definition) is 10. The monoisotopic (exact) mass is 731 g/mol. The molecular weight excluding hydrogens is 688 g/mol. The molecule has 6 rings (SSSR count). The highest BCUT2D eigenvalue weighted by Gasteiger charge is 2.34. The third kappa shape index (κ3) is 6.93. The molecule has 2 saturated heterocycles. The average molecular weight is 732 g/mol. The van der Waals surface area contributed by atoms with Crippen LogP contribution in [-0.2, 0) is 27.9 Å². The van der Waals surface area contributed by atoms with Crippen molar-refractivity contribution >= 4 is 38.7 Å². The summed E-state index contributed by atoms with van der Waals surface area (Å²) in [4.78, 5) is 46.1. The van der Waals surface area contributed by atoms with Gasteiger partial charge < -0.3 is 23.7 Å². The molecule has 1 aromatic heterocycles. The van der Waals surface area contributed by atoms with Gasteiger partial charge in [-0.05, 0) is 69.5 Å². The zero-order valence-electron chi connectivity index (χ0n) is 29.4. The Morgan fingerprint density at radius 3 is 2.43 bits per heavy atom. The molecule has 3 aliphatic heterocycles. The second-order valence-electron chi connectivity index (χ2n) is 13.4. The van der Waals surface area contributed by atoms with Crippen LogP contribution in [0.3, 0.4) is 0 Å². The first-order chi connectivity index (χ1) is 24.2. The summed E-state index contributed by atoms with van der Waals surface area (Å²) in [7, 11) is 0.522. The Balaban J connectivity index is 1.24. The summed E-state index contributed by atoms with van der Waals surface area (Å²) in [6, 6.07) is 4.51. The van der Waals surface area contributed by atoms with E-state index < -0.39 is 56.5 Å². The van der Waals surface area contributed by atoms with Crippen molar-refractivity contribution in [2.45, 2.75) is 51.9 Å². The van der Waals surface area contributed by atoms with Gasteiger partial charge in [0.25, 0.3) is 11.8 Å². The Hall–Kier alpha value is -4.12. The van der Waals surface area contributed by atoms with Gasteiger partial charge in [-0.1, -0.05) is 0 Å². The number of ether oxygens (including phenoxy) is 2. The van der Waals surface area contributed by atoms with Gasteiger partial charge in [0.1, 0.15) is 11.8 Å². The molecule has 0 bridgehead atoms. The SMILES string of the molecule is COC[C@H]1CN(c2cc(C)c3c4c(c(=O)oc3c2C)CN(C(=O)c2ccc(C(=O)NS(=O)(=O)N3CCC(F)CC3)c(OC)c2F)CC4)CCN1C. The number of nitrogens with zero attached hydrogens (tertiary/aromatic N) is 4. The fourth-order valence-electron chi connectivity index (χ4n) is 7.36. The van der Waals surface area contributed by atoms with E-state index in [0.717, 1.165) is 70.9 Å². The quantitative estimate of drug-likeness (QED) is 0.344. The van der Waals surface area contributed by atoms with Crippen LogP contribution < -0.4 is 20.0 Å². The highest BCUT2D eigenvalue weighted by Crippen LogP contribution is 2.36. The Morgan fingerprint density at radius 2 is 1.75 bits per heavy atom. The number of anilines is 1. The van der Waals surface area contributed by atoms with Gasteiger partial charge in [-0.15, -0.1) is 0 Å². The smallest absolute Gasteiger partial charge is 0.341 e. The molecule has 13 nitrogen and oxygen atoms in total. The number of nitrogens with one attached hydrogen (secondary N) is 1. The van der Waals surface area contributed by atoms with Crippen LogP contribution in [0, 0.1) is 19.7 Å². The van der Waals surface area contributed by atoms with Gasteiger partial charge in [0.15, 0.2) is 11.6 Å². The predicted molar refractivity (Wildman–Crippen MR) is 186 cm³/mol. The second-order valence-corrected chi connectivity index (χ2v) is 15.1. The van der Waals surface area contributed by atoms with E-state index in [1.807, 2.05) is 18.6 Å². The Bertz CT molecular complexity index is 2030. The number of piperidine rings is 1. The summed E-state index contributed by atoms with van der Waals surface area (Å²) in [5.74, 6) is -3.68. The zero-order chi connectivity index (χ0) is 36.8. The molecule has 51 heavy (non-hydrogen) atoms. The van der Waals surface area contributed by atoms with Crippen molar-refractivity contribution in [1.29, 1.82) is 0 Å². The van der Waals surface area contributed by atoms with Crippen LogP contribution in [0.25, 0.3) is 11.0 Å². The minimum Gasteiger partial charge on any atom is -0.493 e. The van der Waals surface area contributed by atoms with Crippen LogP contribution >= 0.6 is 0 Å². The van der Waals surface area contributed by atoms with Crippen LogP contribution in [-0.4, -0.2) is 114 Å². The zero-order valence-corrected chi connectivity index (χ0v) is 30.2. The van der Waals surface area contributed by atoms with Gasteiger partial charge in [-0.3, -0.25) is 14.5 Å². The van der Waals surface area contributed by atoms with Gasteiger partial charge in [0.2, 0.25) is 0 Å². The van der Waals surface area contributed by atoms with Gasteiger partial charge in [-0.2, -0.15) is 12.7 Å². The van der Waals surface area contributed by atoms with Crippen LogP contribution in [0.5, 0.6) is 5.75 Å². The van der Waals surface area contributed by atoms with E-state index in [4.69, 9.17) is 13.9 Å². The highest BCUT2D eigenvalue weighted by molar-refractivity contribution is 7.87. The second kappa shape index (κ2) is 14.5. The van der Waals surface area contributed by atoms with Crippen molar-refractivity contribution in [3.05, 3.63) is 67.8 Å². The number of benzene rings is 2. The summed E-state index contributed by atoms with van der Waals surface area (Å²) >= 11 is 0. The van der Waals surface area contributed by atoms with E-state index in [9.17, 15) is 27.2 Å². The third-order valence-electron chi connectivity index (χ3n) is 10.3. The van der Waals surface area contributed by atoms with E-state index >= 15 is 4.39 Å². The third-order valence-corrected chi connectivity index (χ3v) is 11.8. The number of hydrogen-bond donors (Lipinski definition) is 1. The van der Waals surface area contributed by atoms with Crippen molar-refractivity contribution in [3.63, 3.8) is 0 Å². The van der Waals surface area contributed by atoms with E-state index in [-0.39, 0.29) is 45.1 Å². The van der Waals surface area contributed by atoms with Crippen molar-refractivity contribution in [2.24, 2.45) is 0 Å². The van der Waals surface area contributed by atoms with E-state index in [1.54, 1.807) is 7.11 Å². The van der Waals surface area contributed by atoms with Gasteiger partial charge in [0.05, 0.1) is 43.0 Å². The number of alkyl halides is 1. The topological polar surface area (TPSA) is 142 Å². The lowest BCUT2D eigenvalue weighted by atomic mass is 9.92. The Labute approximate surface area is 295 Å². The number of rotatable bonds is 8. The molecule has 2 amide bonds. The highest BCUT2D eigenvalue weighted by atomic mass is 32.2. The van der Waals surface area contributed by atoms with Crippen LogP contribution in [0.15, 0.2) is 27.4 Å². The van der Waals surface area contributed by atoms with Gasteiger partial charge in [0, 0.05) is 63.0 Å². The van der Waals surface area contributed by atoms with Crippen molar-refractivity contribution in [2.75, 3.05) is 72.0 Å². The molecule has 3 aromatic rings. The first-order valence-electron chi connectivity index (χ1n) is 16.9. The standard InChI is InChI=1S/C35H43F2N5O8S/c1-20-16-28(40-15-14-39(3)23(17-40)19-48-4)21(2)31-29(20)24-10-11-41(18-27(24)35(45)50-31)34(44)25-6-7-26(32(49-5)30(25)37)33(43)38-51(46,47)42-12-8-22(36)9-13-42/h6-7,16,22-23H,8-15,17-19H2,1-5H3,(H,38,43)/t23-/m1/s1. The van der Waals surface area contributed by atoms with Crippen LogP contribution in [0.2, 0.25) is 0 Å². The molecule has 0 spiro atoms. The number of methoxy groups -OCH3 is 2. The van der Waals surface area contributed by atoms with Gasteiger partial charge in [-0.25, -0.2) is 18.3 Å². The summed E-state index contributed by atoms with van der Waals surface area (Å²) in [6.45, 7) is 6.78. The molecule has 3 aliphatic rings. The minimum absolute atomic E-state index is 0.00385. The van der Waals surface area contributed by atoms with E-state index in [1.165, 1.54) is 4.90 Å². The molecule has 16 heteroatoms. The normalized spacial score (nSPS) is 19.3.